The second-order valence-corrected chi connectivity index (χ2v) is 5.39. The molecule has 1 aromatic heterocycles. The van der Waals surface area contributed by atoms with Crippen molar-refractivity contribution in [1.29, 1.82) is 0 Å². The lowest BCUT2D eigenvalue weighted by Crippen LogP contribution is -2.43. The van der Waals surface area contributed by atoms with Crippen molar-refractivity contribution in [2.45, 2.75) is 25.3 Å². The highest BCUT2D eigenvalue weighted by Gasteiger charge is 2.21. The van der Waals surface area contributed by atoms with Crippen LogP contribution in [-0.2, 0) is 4.79 Å². The number of rotatable bonds is 2. The van der Waals surface area contributed by atoms with E-state index >= 15 is 0 Å². The zero-order valence-electron chi connectivity index (χ0n) is 11.0. The summed E-state index contributed by atoms with van der Waals surface area (Å²) in [7, 11) is 0. The summed E-state index contributed by atoms with van der Waals surface area (Å²) in [5.41, 5.74) is 1.47. The fraction of sp³-hybridized carbons (Fsp3) is 0.333. The number of carbonyl (C=O) groups excluding carboxylic acids is 1. The average Bonchev–Trinajstić information content (AvgIpc) is 2.51. The van der Waals surface area contributed by atoms with Crippen molar-refractivity contribution < 1.29 is 4.79 Å². The Morgan fingerprint density at radius 1 is 1.35 bits per heavy atom. The van der Waals surface area contributed by atoms with Gasteiger partial charge in [-0.2, -0.15) is 0 Å². The highest BCUT2D eigenvalue weighted by molar-refractivity contribution is 6.35. The van der Waals surface area contributed by atoms with E-state index in [1.807, 2.05) is 18.2 Å². The van der Waals surface area contributed by atoms with Gasteiger partial charge >= 0.3 is 0 Å². The van der Waals surface area contributed by atoms with Gasteiger partial charge in [-0.3, -0.25) is 9.78 Å². The van der Waals surface area contributed by atoms with Gasteiger partial charge in [0.1, 0.15) is 0 Å². The van der Waals surface area contributed by atoms with E-state index in [2.05, 4.69) is 15.6 Å². The molecule has 0 radical (unpaired) electrons. The van der Waals surface area contributed by atoms with Gasteiger partial charge in [-0.15, -0.1) is 0 Å². The molecule has 1 atom stereocenters. The molecule has 2 N–H and O–H groups in total. The summed E-state index contributed by atoms with van der Waals surface area (Å²) >= 11 is 6.13. The molecule has 2 heterocycles. The van der Waals surface area contributed by atoms with Gasteiger partial charge in [-0.1, -0.05) is 18.0 Å². The highest BCUT2D eigenvalue weighted by atomic mass is 35.5. The third kappa shape index (κ3) is 2.62. The molecule has 1 fully saturated rings. The second kappa shape index (κ2) is 5.77. The van der Waals surface area contributed by atoms with Gasteiger partial charge in [0, 0.05) is 11.6 Å². The predicted octanol–water partition coefficient (Wildman–Crippen LogP) is 2.97. The number of benzene rings is 1. The van der Waals surface area contributed by atoms with Crippen LogP contribution in [0.1, 0.15) is 19.3 Å². The molecular formula is C15H16ClN3O. The molecule has 1 aromatic carbocycles. The molecule has 1 saturated heterocycles. The van der Waals surface area contributed by atoms with Crippen molar-refractivity contribution in [3.8, 4) is 0 Å². The van der Waals surface area contributed by atoms with Crippen molar-refractivity contribution in [2.75, 3.05) is 11.9 Å². The Kier molecular flexibility index (Phi) is 3.85. The minimum atomic E-state index is -0.105. The third-order valence-electron chi connectivity index (χ3n) is 3.61. The minimum absolute atomic E-state index is 0.0113. The zero-order valence-corrected chi connectivity index (χ0v) is 11.8. The van der Waals surface area contributed by atoms with Gasteiger partial charge in [0.25, 0.3) is 0 Å². The summed E-state index contributed by atoms with van der Waals surface area (Å²) < 4.78 is 0. The lowest BCUT2D eigenvalue weighted by Gasteiger charge is -2.22. The van der Waals surface area contributed by atoms with Crippen LogP contribution in [0.25, 0.3) is 10.9 Å². The molecule has 0 bridgehead atoms. The second-order valence-electron chi connectivity index (χ2n) is 4.99. The molecule has 20 heavy (non-hydrogen) atoms. The lowest BCUT2D eigenvalue weighted by molar-refractivity contribution is -0.118. The van der Waals surface area contributed by atoms with E-state index in [1.54, 1.807) is 12.3 Å². The fourth-order valence-electron chi connectivity index (χ4n) is 2.54. The summed E-state index contributed by atoms with van der Waals surface area (Å²) in [5.74, 6) is 0.0113. The van der Waals surface area contributed by atoms with Crippen LogP contribution in [-0.4, -0.2) is 23.5 Å². The van der Waals surface area contributed by atoms with E-state index in [-0.39, 0.29) is 11.9 Å². The standard InChI is InChI=1S/C15H16ClN3O/c16-11-6-7-12(10-4-3-9-18-14(10)11)19-15(20)13-5-1-2-8-17-13/h3-4,6-7,9,13,17H,1-2,5,8H2,(H,19,20). The fourth-order valence-corrected chi connectivity index (χ4v) is 2.76. The maximum Gasteiger partial charge on any atom is 0.241 e. The van der Waals surface area contributed by atoms with Crippen LogP contribution in [0.4, 0.5) is 5.69 Å². The maximum absolute atomic E-state index is 12.3. The van der Waals surface area contributed by atoms with E-state index in [0.717, 1.165) is 36.9 Å². The van der Waals surface area contributed by atoms with Gasteiger partial charge in [0.2, 0.25) is 5.91 Å². The number of hydrogen-bond acceptors (Lipinski definition) is 3. The number of carbonyl (C=O) groups is 1. The van der Waals surface area contributed by atoms with E-state index < -0.39 is 0 Å². The van der Waals surface area contributed by atoms with E-state index in [1.165, 1.54) is 0 Å². The van der Waals surface area contributed by atoms with Gasteiger partial charge in [0.15, 0.2) is 0 Å². The Balaban J connectivity index is 1.87. The number of nitrogens with zero attached hydrogens (tertiary/aromatic N) is 1. The molecule has 1 aliphatic rings. The molecule has 104 valence electrons. The number of piperidine rings is 1. The van der Waals surface area contributed by atoms with Crippen LogP contribution in [0, 0.1) is 0 Å². The Bertz CT molecular complexity index is 638. The Morgan fingerprint density at radius 3 is 3.05 bits per heavy atom. The minimum Gasteiger partial charge on any atom is -0.324 e. The molecule has 1 aliphatic heterocycles. The number of pyridine rings is 1. The SMILES string of the molecule is O=C(Nc1ccc(Cl)c2ncccc12)C1CCCCN1. The number of fused-ring (bicyclic) bond motifs is 1. The first-order chi connectivity index (χ1) is 9.75. The molecule has 0 aliphatic carbocycles. The first kappa shape index (κ1) is 13.3. The number of halogens is 1. The van der Waals surface area contributed by atoms with Gasteiger partial charge < -0.3 is 10.6 Å². The van der Waals surface area contributed by atoms with Crippen molar-refractivity contribution in [3.63, 3.8) is 0 Å². The quantitative estimate of drug-likeness (QED) is 0.894. The summed E-state index contributed by atoms with van der Waals surface area (Å²) in [6, 6.07) is 7.24. The zero-order chi connectivity index (χ0) is 13.9. The monoisotopic (exact) mass is 289 g/mol. The van der Waals surface area contributed by atoms with Crippen LogP contribution < -0.4 is 10.6 Å². The summed E-state index contributed by atoms with van der Waals surface area (Å²) in [5, 5.41) is 7.68. The number of amides is 1. The number of anilines is 1. The normalized spacial score (nSPS) is 18.9. The summed E-state index contributed by atoms with van der Waals surface area (Å²) in [6.07, 6.45) is 4.81. The Labute approximate surface area is 122 Å². The Morgan fingerprint density at radius 2 is 2.25 bits per heavy atom. The predicted molar refractivity (Wildman–Crippen MR) is 81.0 cm³/mol. The molecule has 5 heteroatoms. The van der Waals surface area contributed by atoms with Crippen LogP contribution >= 0.6 is 11.6 Å². The van der Waals surface area contributed by atoms with Crippen LogP contribution in [0.2, 0.25) is 5.02 Å². The van der Waals surface area contributed by atoms with Crippen LogP contribution in [0.3, 0.4) is 0 Å². The van der Waals surface area contributed by atoms with Crippen molar-refractivity contribution in [3.05, 3.63) is 35.5 Å². The average molecular weight is 290 g/mol. The van der Waals surface area contributed by atoms with E-state index in [0.29, 0.717) is 10.5 Å². The molecule has 0 saturated carbocycles. The molecule has 3 rings (SSSR count). The van der Waals surface area contributed by atoms with Gasteiger partial charge in [-0.25, -0.2) is 0 Å². The highest BCUT2D eigenvalue weighted by Crippen LogP contribution is 2.28. The molecule has 1 amide bonds. The maximum atomic E-state index is 12.3. The van der Waals surface area contributed by atoms with Gasteiger partial charge in [0.05, 0.1) is 22.3 Å². The third-order valence-corrected chi connectivity index (χ3v) is 3.91. The molecular weight excluding hydrogens is 274 g/mol. The first-order valence-corrected chi connectivity index (χ1v) is 7.21. The van der Waals surface area contributed by atoms with Crippen molar-refractivity contribution >= 4 is 34.1 Å². The van der Waals surface area contributed by atoms with Crippen molar-refractivity contribution in [1.82, 2.24) is 10.3 Å². The topological polar surface area (TPSA) is 54.0 Å². The molecule has 4 nitrogen and oxygen atoms in total. The van der Waals surface area contributed by atoms with Crippen molar-refractivity contribution in [2.24, 2.45) is 0 Å². The number of aromatic nitrogens is 1. The van der Waals surface area contributed by atoms with E-state index in [4.69, 9.17) is 11.6 Å². The Hall–Kier alpha value is -1.65. The van der Waals surface area contributed by atoms with Crippen LogP contribution in [0.15, 0.2) is 30.5 Å². The number of nitrogens with one attached hydrogen (secondary N) is 2. The van der Waals surface area contributed by atoms with Crippen LogP contribution in [0.5, 0.6) is 0 Å². The first-order valence-electron chi connectivity index (χ1n) is 6.83. The largest absolute Gasteiger partial charge is 0.324 e. The summed E-state index contributed by atoms with van der Waals surface area (Å²) in [4.78, 5) is 16.5. The summed E-state index contributed by atoms with van der Waals surface area (Å²) in [6.45, 7) is 0.904. The van der Waals surface area contributed by atoms with E-state index in [9.17, 15) is 4.79 Å². The van der Waals surface area contributed by atoms with Gasteiger partial charge in [-0.05, 0) is 43.7 Å². The molecule has 2 aromatic rings. The number of hydrogen-bond donors (Lipinski definition) is 2. The smallest absolute Gasteiger partial charge is 0.241 e. The molecule has 1 unspecified atom stereocenters. The molecule has 0 spiro atoms. The lowest BCUT2D eigenvalue weighted by atomic mass is 10.0.